The molecule has 0 radical (unpaired) electrons. The molecule has 1 aromatic rings. The summed E-state index contributed by atoms with van der Waals surface area (Å²) in [6, 6.07) is 0. The Bertz CT molecular complexity index is 827. The highest BCUT2D eigenvalue weighted by atomic mass is 19.1. The number of hydrogen-bond acceptors (Lipinski definition) is 3. The maximum absolute atomic E-state index is 12.7. The molecule has 0 aromatic heterocycles. The highest BCUT2D eigenvalue weighted by molar-refractivity contribution is 5.56. The van der Waals surface area contributed by atoms with Crippen LogP contribution in [-0.4, -0.2) is 20.9 Å². The lowest BCUT2D eigenvalue weighted by molar-refractivity contribution is 0.0431. The third-order valence-corrected chi connectivity index (χ3v) is 6.45. The van der Waals surface area contributed by atoms with E-state index in [4.69, 9.17) is 0 Å². The molecule has 1 atom stereocenters. The van der Waals surface area contributed by atoms with Gasteiger partial charge in [-0.1, -0.05) is 29.4 Å². The van der Waals surface area contributed by atoms with E-state index in [1.807, 2.05) is 13.8 Å². The summed E-state index contributed by atoms with van der Waals surface area (Å²) in [5, 5.41) is 31.6. The van der Waals surface area contributed by atoms with E-state index in [0.29, 0.717) is 36.0 Å². The molecular formula is C28H43FO3. The van der Waals surface area contributed by atoms with Crippen LogP contribution in [0.3, 0.4) is 0 Å². The van der Waals surface area contributed by atoms with Crippen molar-refractivity contribution in [3.05, 3.63) is 57.5 Å². The van der Waals surface area contributed by atoms with Crippen molar-refractivity contribution in [2.45, 2.75) is 105 Å². The Morgan fingerprint density at radius 2 is 1.28 bits per heavy atom. The topological polar surface area (TPSA) is 60.7 Å². The molecule has 4 heteroatoms. The van der Waals surface area contributed by atoms with Gasteiger partial charge in [-0.25, -0.2) is 4.39 Å². The fourth-order valence-electron chi connectivity index (χ4n) is 3.89. The summed E-state index contributed by atoms with van der Waals surface area (Å²) >= 11 is 0. The third-order valence-electron chi connectivity index (χ3n) is 6.45. The number of phenols is 2. The zero-order chi connectivity index (χ0) is 24.5. The van der Waals surface area contributed by atoms with Gasteiger partial charge in [-0.15, -0.1) is 0 Å². The molecule has 1 aromatic carbocycles. The van der Waals surface area contributed by atoms with Gasteiger partial charge >= 0.3 is 0 Å². The number of halogens is 1. The summed E-state index contributed by atoms with van der Waals surface area (Å²) in [6.07, 6.45) is 12.1. The number of phenolic OH excluding ortho intramolecular Hbond substituents is 2. The molecule has 32 heavy (non-hydrogen) atoms. The predicted molar refractivity (Wildman–Crippen MR) is 133 cm³/mol. The van der Waals surface area contributed by atoms with Gasteiger partial charge in [0.05, 0.1) is 11.4 Å². The van der Waals surface area contributed by atoms with E-state index in [9.17, 15) is 19.7 Å². The second-order valence-electron chi connectivity index (χ2n) is 9.56. The predicted octanol–water partition coefficient (Wildman–Crippen LogP) is 7.81. The van der Waals surface area contributed by atoms with E-state index < -0.39 is 5.60 Å². The number of rotatable bonds is 12. The van der Waals surface area contributed by atoms with E-state index >= 15 is 0 Å². The van der Waals surface area contributed by atoms with Crippen LogP contribution in [0.15, 0.2) is 35.2 Å². The minimum Gasteiger partial charge on any atom is -0.507 e. The number of hydrogen-bond donors (Lipinski definition) is 3. The molecule has 0 saturated carbocycles. The first-order valence-corrected chi connectivity index (χ1v) is 11.7. The summed E-state index contributed by atoms with van der Waals surface area (Å²) < 4.78 is 12.7. The lowest BCUT2D eigenvalue weighted by atomic mass is 9.88. The fraction of sp³-hybridized carbons (Fsp3) is 0.571. The quantitative estimate of drug-likeness (QED) is 0.227. The molecule has 0 fully saturated rings. The van der Waals surface area contributed by atoms with Crippen molar-refractivity contribution >= 4 is 0 Å². The van der Waals surface area contributed by atoms with Gasteiger partial charge in [0.1, 0.15) is 11.5 Å². The molecule has 0 heterocycles. The fourth-order valence-corrected chi connectivity index (χ4v) is 3.89. The molecular weight excluding hydrogens is 403 g/mol. The van der Waals surface area contributed by atoms with Crippen molar-refractivity contribution in [2.75, 3.05) is 0 Å². The standard InChI is InChI=1S/C28H43FO3/c1-19(13-9-15-21(3)29)11-8-12-20(2)14-10-17-28(7,32)18-16-25-24(6)26(30)22(4)23(5)27(25)31/h11,14-15,30-32H,8-10,12-13,16-18H2,1-7H3/b19-11+,20-14+,21-15-/t28-/m1/s1. The van der Waals surface area contributed by atoms with E-state index in [2.05, 4.69) is 26.0 Å². The van der Waals surface area contributed by atoms with Crippen LogP contribution in [0.5, 0.6) is 11.5 Å². The molecule has 0 bridgehead atoms. The van der Waals surface area contributed by atoms with Crippen molar-refractivity contribution in [1.82, 2.24) is 0 Å². The summed E-state index contributed by atoms with van der Waals surface area (Å²) in [7, 11) is 0. The molecule has 180 valence electrons. The number of aromatic hydroxyl groups is 2. The smallest absolute Gasteiger partial charge is 0.122 e. The van der Waals surface area contributed by atoms with E-state index in [1.54, 1.807) is 19.9 Å². The molecule has 0 spiro atoms. The van der Waals surface area contributed by atoms with E-state index in [0.717, 1.165) is 37.7 Å². The van der Waals surface area contributed by atoms with Crippen molar-refractivity contribution in [2.24, 2.45) is 0 Å². The van der Waals surface area contributed by atoms with Crippen LogP contribution in [0, 0.1) is 20.8 Å². The number of benzene rings is 1. The van der Waals surface area contributed by atoms with Gasteiger partial charge < -0.3 is 15.3 Å². The number of aliphatic hydroxyl groups is 1. The second kappa shape index (κ2) is 12.8. The molecule has 3 N–H and O–H groups in total. The first-order chi connectivity index (χ1) is 14.9. The Morgan fingerprint density at radius 1 is 0.781 bits per heavy atom. The molecule has 0 aliphatic heterocycles. The van der Waals surface area contributed by atoms with Gasteiger partial charge in [-0.2, -0.15) is 0 Å². The molecule has 0 amide bonds. The monoisotopic (exact) mass is 446 g/mol. The van der Waals surface area contributed by atoms with Gasteiger partial charge in [0.2, 0.25) is 0 Å². The molecule has 1 rings (SSSR count). The van der Waals surface area contributed by atoms with E-state index in [1.165, 1.54) is 18.1 Å². The molecule has 0 unspecified atom stereocenters. The van der Waals surface area contributed by atoms with E-state index in [-0.39, 0.29) is 17.3 Å². The first kappa shape index (κ1) is 28.0. The van der Waals surface area contributed by atoms with Crippen LogP contribution in [-0.2, 0) is 6.42 Å². The molecule has 0 saturated heterocycles. The zero-order valence-electron chi connectivity index (χ0n) is 21.1. The van der Waals surface area contributed by atoms with Gasteiger partial charge in [-0.3, -0.25) is 0 Å². The normalized spacial score (nSPS) is 15.2. The minimum absolute atomic E-state index is 0.119. The lowest BCUT2D eigenvalue weighted by Gasteiger charge is -2.24. The molecule has 0 aliphatic rings. The van der Waals surface area contributed by atoms with Crippen molar-refractivity contribution in [3.8, 4) is 11.5 Å². The number of allylic oxidation sites excluding steroid dienone is 6. The summed E-state index contributed by atoms with van der Waals surface area (Å²) in [5.74, 6) is 0.335. The Morgan fingerprint density at radius 3 is 1.84 bits per heavy atom. The van der Waals surface area contributed by atoms with Gasteiger partial charge in [-0.05, 0) is 117 Å². The first-order valence-electron chi connectivity index (χ1n) is 11.7. The van der Waals surface area contributed by atoms with Crippen molar-refractivity contribution < 1.29 is 19.7 Å². The van der Waals surface area contributed by atoms with Gasteiger partial charge in [0.25, 0.3) is 0 Å². The highest BCUT2D eigenvalue weighted by Crippen LogP contribution is 2.37. The zero-order valence-corrected chi connectivity index (χ0v) is 21.1. The Hall–Kier alpha value is -2.07. The molecule has 3 nitrogen and oxygen atoms in total. The average Bonchev–Trinajstić information content (AvgIpc) is 2.70. The Labute approximate surface area is 194 Å². The SMILES string of the molecule is C/C(F)=C/CC/C(C)=C/CC/C(C)=C/CC[C@@](C)(O)CCc1c(C)c(O)c(C)c(C)c1O. The largest absolute Gasteiger partial charge is 0.507 e. The minimum atomic E-state index is -0.845. The van der Waals surface area contributed by atoms with Crippen molar-refractivity contribution in [1.29, 1.82) is 0 Å². The summed E-state index contributed by atoms with van der Waals surface area (Å²) in [6.45, 7) is 12.9. The maximum atomic E-state index is 12.7. The summed E-state index contributed by atoms with van der Waals surface area (Å²) in [4.78, 5) is 0. The highest BCUT2D eigenvalue weighted by Gasteiger charge is 2.23. The van der Waals surface area contributed by atoms with Crippen LogP contribution >= 0.6 is 0 Å². The second-order valence-corrected chi connectivity index (χ2v) is 9.56. The average molecular weight is 447 g/mol. The third kappa shape index (κ3) is 9.20. The van der Waals surface area contributed by atoms with Crippen molar-refractivity contribution in [3.63, 3.8) is 0 Å². The van der Waals surface area contributed by atoms with Crippen LogP contribution in [0.2, 0.25) is 0 Å². The van der Waals surface area contributed by atoms with Crippen LogP contribution in [0.4, 0.5) is 4.39 Å². The molecule has 0 aliphatic carbocycles. The van der Waals surface area contributed by atoms with Crippen LogP contribution in [0.25, 0.3) is 0 Å². The van der Waals surface area contributed by atoms with Crippen LogP contribution < -0.4 is 0 Å². The van der Waals surface area contributed by atoms with Crippen LogP contribution in [0.1, 0.15) is 94.9 Å². The Kier molecular flexibility index (Phi) is 11.2. The lowest BCUT2D eigenvalue weighted by Crippen LogP contribution is -2.24. The van der Waals surface area contributed by atoms with Gasteiger partial charge in [0, 0.05) is 5.56 Å². The Balaban J connectivity index is 2.53. The van der Waals surface area contributed by atoms with Gasteiger partial charge in [0.15, 0.2) is 0 Å². The maximum Gasteiger partial charge on any atom is 0.122 e. The summed E-state index contributed by atoms with van der Waals surface area (Å²) in [5.41, 5.74) is 4.55.